The lowest BCUT2D eigenvalue weighted by atomic mass is 9.89. The molecule has 2 aromatic rings. The number of halogens is 2. The predicted octanol–water partition coefficient (Wildman–Crippen LogP) is 3.96. The summed E-state index contributed by atoms with van der Waals surface area (Å²) in [7, 11) is 0. The Balaban J connectivity index is 1.47. The standard InChI is InChI=1S/C23H20Cl2N2O4/c1-23(9-8-20(29)26-22(23)31)27-12-15-10-13(2-5-16(15)21(27)30)3-7-19(28)14-4-6-17(24)18(25)11-14/h2,4-6,10-11H,3,7-9,12H2,1H3,(H,26,29,31)/t23-/m0/s1. The molecule has 0 spiro atoms. The molecule has 0 unspecified atom stereocenters. The maximum absolute atomic E-state index is 12.9. The van der Waals surface area contributed by atoms with Crippen LogP contribution in [0.25, 0.3) is 0 Å². The van der Waals surface area contributed by atoms with E-state index >= 15 is 0 Å². The number of aryl methyl sites for hydroxylation is 1. The van der Waals surface area contributed by atoms with E-state index in [1.807, 2.05) is 12.1 Å². The second-order valence-corrected chi connectivity index (χ2v) is 8.90. The minimum Gasteiger partial charge on any atom is -0.320 e. The van der Waals surface area contributed by atoms with Crippen LogP contribution in [0.5, 0.6) is 0 Å². The van der Waals surface area contributed by atoms with Gasteiger partial charge in [-0.2, -0.15) is 0 Å². The number of carbonyl (C=O) groups excluding carboxylic acids is 4. The fourth-order valence-corrected chi connectivity index (χ4v) is 4.35. The van der Waals surface area contributed by atoms with Crippen molar-refractivity contribution < 1.29 is 19.2 Å². The molecule has 160 valence electrons. The van der Waals surface area contributed by atoms with Crippen LogP contribution >= 0.6 is 23.2 Å². The topological polar surface area (TPSA) is 83.6 Å². The second kappa shape index (κ2) is 8.09. The zero-order valence-corrected chi connectivity index (χ0v) is 18.3. The first-order valence-electron chi connectivity index (χ1n) is 9.95. The Hall–Kier alpha value is -2.70. The number of nitrogens with zero attached hydrogens (tertiary/aromatic N) is 1. The van der Waals surface area contributed by atoms with E-state index < -0.39 is 11.4 Å². The van der Waals surface area contributed by atoms with Crippen LogP contribution in [0.15, 0.2) is 36.4 Å². The number of ketones is 1. The number of fused-ring (bicyclic) bond motifs is 1. The summed E-state index contributed by atoms with van der Waals surface area (Å²) in [6, 6.07) is 10.3. The van der Waals surface area contributed by atoms with Crippen molar-refractivity contribution in [1.82, 2.24) is 10.2 Å². The number of rotatable bonds is 5. The van der Waals surface area contributed by atoms with Crippen LogP contribution in [0.4, 0.5) is 0 Å². The molecule has 1 N–H and O–H groups in total. The van der Waals surface area contributed by atoms with E-state index in [0.29, 0.717) is 40.6 Å². The van der Waals surface area contributed by atoms with Gasteiger partial charge in [0.15, 0.2) is 5.78 Å². The first-order chi connectivity index (χ1) is 14.7. The molecule has 0 radical (unpaired) electrons. The van der Waals surface area contributed by atoms with Gasteiger partial charge in [0.2, 0.25) is 5.91 Å². The van der Waals surface area contributed by atoms with Gasteiger partial charge in [-0.25, -0.2) is 0 Å². The van der Waals surface area contributed by atoms with Crippen molar-refractivity contribution in [2.24, 2.45) is 0 Å². The van der Waals surface area contributed by atoms with Gasteiger partial charge in [-0.15, -0.1) is 0 Å². The molecule has 0 aliphatic carbocycles. The number of hydrogen-bond donors (Lipinski definition) is 1. The third-order valence-corrected chi connectivity index (χ3v) is 6.77. The van der Waals surface area contributed by atoms with Crippen LogP contribution in [0, 0.1) is 0 Å². The van der Waals surface area contributed by atoms with Gasteiger partial charge in [0, 0.05) is 30.5 Å². The highest BCUT2D eigenvalue weighted by atomic mass is 35.5. The fourth-order valence-electron chi connectivity index (χ4n) is 4.05. The van der Waals surface area contributed by atoms with Gasteiger partial charge in [0.25, 0.3) is 11.8 Å². The van der Waals surface area contributed by atoms with Crippen molar-refractivity contribution in [3.8, 4) is 0 Å². The molecule has 1 saturated heterocycles. The number of benzene rings is 2. The third-order valence-electron chi connectivity index (χ3n) is 6.03. The van der Waals surface area contributed by atoms with Crippen molar-refractivity contribution >= 4 is 46.7 Å². The van der Waals surface area contributed by atoms with Gasteiger partial charge >= 0.3 is 0 Å². The molecular formula is C23H20Cl2N2O4. The summed E-state index contributed by atoms with van der Waals surface area (Å²) < 4.78 is 0. The molecule has 8 heteroatoms. The lowest BCUT2D eigenvalue weighted by Gasteiger charge is -2.39. The highest BCUT2D eigenvalue weighted by molar-refractivity contribution is 6.42. The molecule has 2 aliphatic heterocycles. The first kappa shape index (κ1) is 21.5. The van der Waals surface area contributed by atoms with Crippen LogP contribution in [-0.4, -0.2) is 33.9 Å². The number of piperidine rings is 1. The van der Waals surface area contributed by atoms with E-state index in [1.54, 1.807) is 31.2 Å². The van der Waals surface area contributed by atoms with Crippen molar-refractivity contribution in [2.75, 3.05) is 0 Å². The SMILES string of the molecule is C[C@]1(N2Cc3cc(CCC(=O)c4ccc(Cl)c(Cl)c4)ccc3C2=O)CCC(=O)NC1=O. The van der Waals surface area contributed by atoms with Crippen LogP contribution < -0.4 is 5.32 Å². The molecule has 1 fully saturated rings. The van der Waals surface area contributed by atoms with Gasteiger partial charge in [-0.3, -0.25) is 24.5 Å². The van der Waals surface area contributed by atoms with E-state index in [-0.39, 0.29) is 30.4 Å². The first-order valence-corrected chi connectivity index (χ1v) is 10.7. The summed E-state index contributed by atoms with van der Waals surface area (Å²) in [6.07, 6.45) is 1.29. The zero-order chi connectivity index (χ0) is 22.3. The lowest BCUT2D eigenvalue weighted by molar-refractivity contribution is -0.142. The fraction of sp³-hybridized carbons (Fsp3) is 0.304. The Kier molecular flexibility index (Phi) is 5.62. The molecule has 1 atom stereocenters. The molecule has 2 aliphatic rings. The van der Waals surface area contributed by atoms with Crippen molar-refractivity contribution in [1.29, 1.82) is 0 Å². The van der Waals surface area contributed by atoms with Crippen molar-refractivity contribution in [2.45, 2.75) is 44.7 Å². The maximum Gasteiger partial charge on any atom is 0.255 e. The van der Waals surface area contributed by atoms with Crippen LogP contribution in [0.1, 0.15) is 58.0 Å². The number of hydrogen-bond acceptors (Lipinski definition) is 4. The van der Waals surface area contributed by atoms with Gasteiger partial charge in [0.05, 0.1) is 10.0 Å². The summed E-state index contributed by atoms with van der Waals surface area (Å²) in [5.41, 5.74) is 1.73. The summed E-state index contributed by atoms with van der Waals surface area (Å²) in [6.45, 7) is 1.98. The number of carbonyl (C=O) groups is 4. The highest BCUT2D eigenvalue weighted by Gasteiger charge is 2.48. The van der Waals surface area contributed by atoms with Crippen LogP contribution in [0.2, 0.25) is 10.0 Å². The Labute approximate surface area is 189 Å². The van der Waals surface area contributed by atoms with Crippen LogP contribution in [0.3, 0.4) is 0 Å². The minimum atomic E-state index is -1.06. The number of amides is 3. The molecule has 6 nitrogen and oxygen atoms in total. The average molecular weight is 459 g/mol. The van der Waals surface area contributed by atoms with Crippen molar-refractivity contribution in [3.63, 3.8) is 0 Å². The molecule has 0 bridgehead atoms. The lowest BCUT2D eigenvalue weighted by Crippen LogP contribution is -2.61. The molecule has 4 rings (SSSR count). The highest BCUT2D eigenvalue weighted by Crippen LogP contribution is 2.34. The molecule has 3 amide bonds. The molecule has 0 saturated carbocycles. The third kappa shape index (κ3) is 3.98. The summed E-state index contributed by atoms with van der Waals surface area (Å²) >= 11 is 11.9. The Morgan fingerprint density at radius 3 is 2.58 bits per heavy atom. The molecular weight excluding hydrogens is 439 g/mol. The predicted molar refractivity (Wildman–Crippen MR) is 116 cm³/mol. The summed E-state index contributed by atoms with van der Waals surface area (Å²) in [5.74, 6) is -1.04. The summed E-state index contributed by atoms with van der Waals surface area (Å²) in [4.78, 5) is 50.9. The largest absolute Gasteiger partial charge is 0.320 e. The van der Waals surface area contributed by atoms with E-state index in [2.05, 4.69) is 5.32 Å². The normalized spacial score (nSPS) is 20.6. The Morgan fingerprint density at radius 2 is 1.87 bits per heavy atom. The quantitative estimate of drug-likeness (QED) is 0.542. The van der Waals surface area contributed by atoms with E-state index in [9.17, 15) is 19.2 Å². The number of nitrogens with one attached hydrogen (secondary N) is 1. The van der Waals surface area contributed by atoms with Gasteiger partial charge in [-0.05, 0) is 55.2 Å². The molecule has 2 heterocycles. The molecule has 0 aromatic heterocycles. The van der Waals surface area contributed by atoms with E-state index in [0.717, 1.165) is 11.1 Å². The maximum atomic E-state index is 12.9. The number of imide groups is 1. The monoisotopic (exact) mass is 458 g/mol. The average Bonchev–Trinajstić information content (AvgIpc) is 3.08. The molecule has 31 heavy (non-hydrogen) atoms. The smallest absolute Gasteiger partial charge is 0.255 e. The Bertz CT molecular complexity index is 1130. The Morgan fingerprint density at radius 1 is 1.10 bits per heavy atom. The van der Waals surface area contributed by atoms with E-state index in [4.69, 9.17) is 23.2 Å². The second-order valence-electron chi connectivity index (χ2n) is 8.09. The van der Waals surface area contributed by atoms with Gasteiger partial charge in [0.1, 0.15) is 5.54 Å². The van der Waals surface area contributed by atoms with Gasteiger partial charge in [-0.1, -0.05) is 35.3 Å². The van der Waals surface area contributed by atoms with E-state index in [1.165, 1.54) is 4.90 Å². The number of Topliss-reactive ketones (excluding diaryl/α,β-unsaturated/α-hetero) is 1. The summed E-state index contributed by atoms with van der Waals surface area (Å²) in [5, 5.41) is 3.07. The molecule has 2 aromatic carbocycles. The van der Waals surface area contributed by atoms with Gasteiger partial charge < -0.3 is 4.90 Å². The zero-order valence-electron chi connectivity index (χ0n) is 16.8. The minimum absolute atomic E-state index is 0.0483. The van der Waals surface area contributed by atoms with Crippen molar-refractivity contribution in [3.05, 3.63) is 68.7 Å². The van der Waals surface area contributed by atoms with Crippen LogP contribution in [-0.2, 0) is 22.6 Å².